The van der Waals surface area contributed by atoms with Gasteiger partial charge in [-0.05, 0) is 31.4 Å². The summed E-state index contributed by atoms with van der Waals surface area (Å²) >= 11 is 2.05. The van der Waals surface area contributed by atoms with Gasteiger partial charge in [0.15, 0.2) is 0 Å². The Hall–Kier alpha value is 0.220. The Labute approximate surface area is 115 Å². The third-order valence-corrected chi connectivity index (χ3v) is 6.66. The number of thioether (sulfide) groups is 1. The first-order chi connectivity index (χ1) is 8.47. The monoisotopic (exact) mass is 292 g/mol. The molecular weight excluding hydrogens is 268 g/mol. The van der Waals surface area contributed by atoms with E-state index in [0.29, 0.717) is 30.4 Å². The highest BCUT2D eigenvalue weighted by Gasteiger charge is 2.28. The van der Waals surface area contributed by atoms with Gasteiger partial charge < -0.3 is 5.32 Å². The van der Waals surface area contributed by atoms with Crippen molar-refractivity contribution in [2.45, 2.75) is 49.9 Å². The first-order valence-electron chi connectivity index (χ1n) is 6.79. The first kappa shape index (κ1) is 14.6. The van der Waals surface area contributed by atoms with E-state index >= 15 is 0 Å². The zero-order valence-corrected chi connectivity index (χ0v) is 12.9. The normalized spacial score (nSPS) is 32.6. The zero-order valence-electron chi connectivity index (χ0n) is 11.3. The van der Waals surface area contributed by atoms with E-state index in [0.717, 1.165) is 12.8 Å². The molecule has 2 aliphatic rings. The van der Waals surface area contributed by atoms with Gasteiger partial charge in [0, 0.05) is 30.4 Å². The average Bonchev–Trinajstić information content (AvgIpc) is 2.32. The van der Waals surface area contributed by atoms with Crippen LogP contribution in [0, 0.1) is 0 Å². The van der Waals surface area contributed by atoms with E-state index in [9.17, 15) is 8.42 Å². The van der Waals surface area contributed by atoms with Crippen LogP contribution in [-0.4, -0.2) is 55.2 Å². The predicted octanol–water partition coefficient (Wildman–Crippen LogP) is 1.28. The lowest BCUT2D eigenvalue weighted by atomic mass is 10.0. The Kier molecular flexibility index (Phi) is 4.97. The van der Waals surface area contributed by atoms with Crippen LogP contribution in [0.4, 0.5) is 0 Å². The molecule has 0 bridgehead atoms. The molecule has 2 saturated heterocycles. The maximum Gasteiger partial charge on any atom is 0.211 e. The molecule has 106 valence electrons. The van der Waals surface area contributed by atoms with E-state index in [2.05, 4.69) is 24.0 Å². The van der Waals surface area contributed by atoms with Crippen LogP contribution in [0.5, 0.6) is 0 Å². The molecule has 0 saturated carbocycles. The molecule has 0 aromatic rings. The van der Waals surface area contributed by atoms with Crippen molar-refractivity contribution in [2.24, 2.45) is 0 Å². The largest absolute Gasteiger partial charge is 0.310 e. The molecule has 18 heavy (non-hydrogen) atoms. The van der Waals surface area contributed by atoms with E-state index < -0.39 is 10.0 Å². The quantitative estimate of drug-likeness (QED) is 0.851. The lowest BCUT2D eigenvalue weighted by Gasteiger charge is -2.36. The van der Waals surface area contributed by atoms with Crippen molar-refractivity contribution in [3.63, 3.8) is 0 Å². The van der Waals surface area contributed by atoms with Crippen molar-refractivity contribution < 1.29 is 8.42 Å². The predicted molar refractivity (Wildman–Crippen MR) is 77.5 cm³/mol. The minimum Gasteiger partial charge on any atom is -0.310 e. The number of nitrogens with zero attached hydrogens (tertiary/aromatic N) is 1. The summed E-state index contributed by atoms with van der Waals surface area (Å²) in [6.45, 7) is 3.64. The molecule has 2 heterocycles. The number of nitrogens with one attached hydrogen (secondary N) is 1. The summed E-state index contributed by atoms with van der Waals surface area (Å²) in [7, 11) is -2.99. The van der Waals surface area contributed by atoms with Gasteiger partial charge in [0.25, 0.3) is 0 Å². The summed E-state index contributed by atoms with van der Waals surface area (Å²) < 4.78 is 24.5. The second-order valence-electron chi connectivity index (χ2n) is 5.43. The average molecular weight is 292 g/mol. The second-order valence-corrected chi connectivity index (χ2v) is 8.90. The third kappa shape index (κ3) is 3.85. The molecule has 2 atom stereocenters. The fourth-order valence-corrected chi connectivity index (χ4v) is 4.83. The fraction of sp³-hybridized carbons (Fsp3) is 1.00. The van der Waals surface area contributed by atoms with Gasteiger partial charge in [0.1, 0.15) is 0 Å². The lowest BCUT2D eigenvalue weighted by Crippen LogP contribution is -2.50. The van der Waals surface area contributed by atoms with Gasteiger partial charge in [0.05, 0.1) is 6.26 Å². The van der Waals surface area contributed by atoms with Gasteiger partial charge in [-0.25, -0.2) is 12.7 Å². The minimum absolute atomic E-state index is 0.495. The van der Waals surface area contributed by atoms with Crippen LogP contribution < -0.4 is 5.32 Å². The Balaban J connectivity index is 1.79. The summed E-state index contributed by atoms with van der Waals surface area (Å²) in [6.07, 6.45) is 5.76. The van der Waals surface area contributed by atoms with E-state index in [1.165, 1.54) is 24.9 Å². The van der Waals surface area contributed by atoms with Gasteiger partial charge in [-0.1, -0.05) is 6.92 Å². The van der Waals surface area contributed by atoms with Crippen LogP contribution in [0.2, 0.25) is 0 Å². The van der Waals surface area contributed by atoms with Crippen LogP contribution >= 0.6 is 11.8 Å². The van der Waals surface area contributed by atoms with Crippen molar-refractivity contribution in [1.29, 1.82) is 0 Å². The van der Waals surface area contributed by atoms with Crippen LogP contribution in [-0.2, 0) is 10.0 Å². The molecule has 0 aromatic heterocycles. The Morgan fingerprint density at radius 1 is 1.22 bits per heavy atom. The molecule has 2 rings (SSSR count). The Morgan fingerprint density at radius 2 is 1.89 bits per heavy atom. The minimum atomic E-state index is -2.99. The van der Waals surface area contributed by atoms with Gasteiger partial charge in [-0.2, -0.15) is 11.8 Å². The van der Waals surface area contributed by atoms with Gasteiger partial charge in [-0.3, -0.25) is 0 Å². The number of sulfonamides is 1. The van der Waals surface area contributed by atoms with Crippen LogP contribution in [0.25, 0.3) is 0 Å². The van der Waals surface area contributed by atoms with Crippen molar-refractivity contribution in [3.8, 4) is 0 Å². The Morgan fingerprint density at radius 3 is 2.44 bits per heavy atom. The van der Waals surface area contributed by atoms with Crippen molar-refractivity contribution in [1.82, 2.24) is 9.62 Å². The lowest BCUT2D eigenvalue weighted by molar-refractivity contribution is 0.267. The number of rotatable bonds is 3. The highest BCUT2D eigenvalue weighted by Crippen LogP contribution is 2.26. The summed E-state index contributed by atoms with van der Waals surface area (Å²) in [6, 6.07) is 1.10. The molecule has 0 amide bonds. The molecular formula is C12H24N2O2S2. The van der Waals surface area contributed by atoms with Gasteiger partial charge in [-0.15, -0.1) is 0 Å². The molecule has 2 aliphatic heterocycles. The summed E-state index contributed by atoms with van der Waals surface area (Å²) in [5, 5.41) is 4.42. The topological polar surface area (TPSA) is 49.4 Å². The van der Waals surface area contributed by atoms with Crippen LogP contribution in [0.15, 0.2) is 0 Å². The second kappa shape index (κ2) is 6.11. The van der Waals surface area contributed by atoms with Gasteiger partial charge >= 0.3 is 0 Å². The molecule has 0 spiro atoms. The molecule has 1 N–H and O–H groups in total. The molecule has 2 unspecified atom stereocenters. The van der Waals surface area contributed by atoms with Gasteiger partial charge in [0.2, 0.25) is 10.0 Å². The zero-order chi connectivity index (χ0) is 13.2. The van der Waals surface area contributed by atoms with E-state index in [4.69, 9.17) is 0 Å². The van der Waals surface area contributed by atoms with Crippen LogP contribution in [0.1, 0.15) is 32.6 Å². The number of piperidine rings is 1. The molecule has 0 radical (unpaired) electrons. The van der Waals surface area contributed by atoms with Crippen molar-refractivity contribution in [3.05, 3.63) is 0 Å². The molecule has 0 aromatic carbocycles. The number of hydrogen-bond acceptors (Lipinski definition) is 4. The molecule has 0 aliphatic carbocycles. The summed E-state index contributed by atoms with van der Waals surface area (Å²) in [4.78, 5) is 0. The van der Waals surface area contributed by atoms with E-state index in [1.807, 2.05) is 0 Å². The highest BCUT2D eigenvalue weighted by atomic mass is 32.2. The summed E-state index contributed by atoms with van der Waals surface area (Å²) in [5.41, 5.74) is 0. The third-order valence-electron chi connectivity index (χ3n) is 3.98. The maximum atomic E-state index is 11.4. The van der Waals surface area contributed by atoms with Crippen molar-refractivity contribution >= 4 is 21.8 Å². The standard InChI is InChI=1S/C12H24N2O2S2/c1-10-12(4-3-9-17-10)13-11-5-7-14(8-6-11)18(2,15)16/h10-13H,3-9H2,1-2H3. The molecule has 6 heteroatoms. The van der Waals surface area contributed by atoms with E-state index in [1.54, 1.807) is 4.31 Å². The summed E-state index contributed by atoms with van der Waals surface area (Å²) in [5.74, 6) is 1.28. The molecule has 4 nitrogen and oxygen atoms in total. The first-order valence-corrected chi connectivity index (χ1v) is 9.69. The van der Waals surface area contributed by atoms with E-state index in [-0.39, 0.29) is 0 Å². The fourth-order valence-electron chi connectivity index (χ4n) is 2.80. The highest BCUT2D eigenvalue weighted by molar-refractivity contribution is 7.99. The SMILES string of the molecule is CC1SCCCC1NC1CCN(S(C)(=O)=O)CC1. The smallest absolute Gasteiger partial charge is 0.211 e. The van der Waals surface area contributed by atoms with Crippen LogP contribution in [0.3, 0.4) is 0 Å². The molecule has 2 fully saturated rings. The number of hydrogen-bond donors (Lipinski definition) is 1. The van der Waals surface area contributed by atoms with Crippen molar-refractivity contribution in [2.75, 3.05) is 25.1 Å². The maximum absolute atomic E-state index is 11.4. The Bertz CT molecular complexity index is 364.